The summed E-state index contributed by atoms with van der Waals surface area (Å²) in [5.74, 6) is 7.06. The number of ketones is 1. The molecular formula is C17H24OSi. The number of benzene rings is 1. The number of hydrogen-bond acceptors (Lipinski definition) is 1. The third-order valence-corrected chi connectivity index (χ3v) is 4.13. The highest BCUT2D eigenvalue weighted by Gasteiger charge is 2.13. The third-order valence-electron chi connectivity index (χ3n) is 2.90. The molecule has 0 aliphatic carbocycles. The van der Waals surface area contributed by atoms with E-state index in [0.717, 1.165) is 12.5 Å². The van der Waals surface area contributed by atoms with Gasteiger partial charge in [0.2, 0.25) is 0 Å². The fourth-order valence-electron chi connectivity index (χ4n) is 1.90. The van der Waals surface area contributed by atoms with E-state index in [-0.39, 0.29) is 11.7 Å². The molecule has 1 unspecified atom stereocenters. The van der Waals surface area contributed by atoms with E-state index in [2.05, 4.69) is 43.6 Å². The molecule has 1 aromatic rings. The second kappa shape index (κ2) is 7.30. The normalized spacial score (nSPS) is 12.4. The van der Waals surface area contributed by atoms with E-state index in [1.54, 1.807) is 6.92 Å². The topological polar surface area (TPSA) is 17.1 Å². The fourth-order valence-corrected chi connectivity index (χ4v) is 2.56. The number of Topliss-reactive ketones (excluding diaryl/α,β-unsaturated/α-hetero) is 1. The average Bonchev–Trinajstić information content (AvgIpc) is 2.32. The van der Waals surface area contributed by atoms with Crippen LogP contribution in [0.2, 0.25) is 25.7 Å². The first kappa shape index (κ1) is 15.7. The van der Waals surface area contributed by atoms with Crippen molar-refractivity contribution in [3.63, 3.8) is 0 Å². The SMILES string of the molecule is CC(=O)CC(CC#CC[Si](C)(C)C)c1ccccc1. The highest BCUT2D eigenvalue weighted by Crippen LogP contribution is 2.23. The van der Waals surface area contributed by atoms with Gasteiger partial charge in [0.15, 0.2) is 0 Å². The summed E-state index contributed by atoms with van der Waals surface area (Å²) in [5, 5.41) is 0. The lowest BCUT2D eigenvalue weighted by molar-refractivity contribution is -0.117. The van der Waals surface area contributed by atoms with Gasteiger partial charge in [-0.05, 0) is 12.5 Å². The van der Waals surface area contributed by atoms with Crippen molar-refractivity contribution in [2.45, 2.75) is 51.4 Å². The zero-order chi connectivity index (χ0) is 14.3. The standard InChI is InChI=1S/C17H24OSi/c1-15(18)14-17(16-10-6-5-7-11-16)12-8-9-13-19(2,3)4/h5-7,10-11,17H,12-14H2,1-4H3. The predicted molar refractivity (Wildman–Crippen MR) is 85.0 cm³/mol. The Hall–Kier alpha value is -1.33. The van der Waals surface area contributed by atoms with Gasteiger partial charge in [-0.25, -0.2) is 0 Å². The molecule has 1 nitrogen and oxygen atoms in total. The van der Waals surface area contributed by atoms with Gasteiger partial charge in [-0.15, -0.1) is 11.8 Å². The van der Waals surface area contributed by atoms with Crippen LogP contribution in [0.3, 0.4) is 0 Å². The predicted octanol–water partition coefficient (Wildman–Crippen LogP) is 4.48. The van der Waals surface area contributed by atoms with Gasteiger partial charge >= 0.3 is 0 Å². The van der Waals surface area contributed by atoms with E-state index in [4.69, 9.17) is 0 Å². The molecule has 2 heteroatoms. The molecule has 0 aliphatic heterocycles. The minimum Gasteiger partial charge on any atom is -0.300 e. The van der Waals surface area contributed by atoms with Crippen LogP contribution in [0.5, 0.6) is 0 Å². The zero-order valence-corrected chi connectivity index (χ0v) is 13.5. The smallest absolute Gasteiger partial charge is 0.130 e. The summed E-state index contributed by atoms with van der Waals surface area (Å²) in [6.45, 7) is 8.63. The third kappa shape index (κ3) is 6.98. The maximum atomic E-state index is 11.4. The second-order valence-corrected chi connectivity index (χ2v) is 11.8. The van der Waals surface area contributed by atoms with Crippen molar-refractivity contribution < 1.29 is 4.79 Å². The van der Waals surface area contributed by atoms with Gasteiger partial charge in [0.1, 0.15) is 5.78 Å². The Morgan fingerprint density at radius 2 is 1.79 bits per heavy atom. The molecule has 0 N–H and O–H groups in total. The molecule has 0 aliphatic rings. The van der Waals surface area contributed by atoms with Gasteiger partial charge in [-0.2, -0.15) is 0 Å². The molecule has 0 bridgehead atoms. The Labute approximate surface area is 118 Å². The molecule has 19 heavy (non-hydrogen) atoms. The molecule has 1 aromatic carbocycles. The number of carbonyl (C=O) groups is 1. The van der Waals surface area contributed by atoms with Crippen LogP contribution in [0.4, 0.5) is 0 Å². The lowest BCUT2D eigenvalue weighted by atomic mass is 9.91. The maximum absolute atomic E-state index is 11.4. The van der Waals surface area contributed by atoms with Crippen LogP contribution in [0.1, 0.15) is 31.2 Å². The van der Waals surface area contributed by atoms with Gasteiger partial charge in [-0.1, -0.05) is 50.0 Å². The number of carbonyl (C=O) groups excluding carboxylic acids is 1. The summed E-state index contributed by atoms with van der Waals surface area (Å²) >= 11 is 0. The van der Waals surface area contributed by atoms with Crippen LogP contribution in [-0.4, -0.2) is 13.9 Å². The van der Waals surface area contributed by atoms with Crippen molar-refractivity contribution in [2.75, 3.05) is 0 Å². The van der Waals surface area contributed by atoms with E-state index in [9.17, 15) is 4.79 Å². The van der Waals surface area contributed by atoms with Gasteiger partial charge in [0, 0.05) is 24.8 Å². The summed E-state index contributed by atoms with van der Waals surface area (Å²) in [5.41, 5.74) is 1.22. The quantitative estimate of drug-likeness (QED) is 0.570. The molecule has 0 heterocycles. The molecule has 0 saturated carbocycles. The molecule has 1 atom stereocenters. The largest absolute Gasteiger partial charge is 0.300 e. The van der Waals surface area contributed by atoms with Gasteiger partial charge in [0.05, 0.1) is 8.07 Å². The minimum absolute atomic E-state index is 0.237. The minimum atomic E-state index is -1.08. The number of hydrogen-bond donors (Lipinski definition) is 0. The summed E-state index contributed by atoms with van der Waals surface area (Å²) in [6, 6.07) is 11.3. The van der Waals surface area contributed by atoms with Crippen molar-refractivity contribution in [2.24, 2.45) is 0 Å². The Morgan fingerprint density at radius 1 is 1.16 bits per heavy atom. The molecular weight excluding hydrogens is 248 g/mol. The van der Waals surface area contributed by atoms with Crippen molar-refractivity contribution in [3.8, 4) is 11.8 Å². The van der Waals surface area contributed by atoms with Crippen LogP contribution in [0.25, 0.3) is 0 Å². The van der Waals surface area contributed by atoms with Crippen molar-refractivity contribution in [1.29, 1.82) is 0 Å². The van der Waals surface area contributed by atoms with Crippen LogP contribution in [-0.2, 0) is 4.79 Å². The zero-order valence-electron chi connectivity index (χ0n) is 12.5. The first-order valence-electron chi connectivity index (χ1n) is 6.88. The maximum Gasteiger partial charge on any atom is 0.130 e. The highest BCUT2D eigenvalue weighted by atomic mass is 28.3. The summed E-state index contributed by atoms with van der Waals surface area (Å²) in [4.78, 5) is 11.4. The van der Waals surface area contributed by atoms with Crippen molar-refractivity contribution in [3.05, 3.63) is 35.9 Å². The molecule has 1 rings (SSSR count). The van der Waals surface area contributed by atoms with E-state index in [0.29, 0.717) is 6.42 Å². The summed E-state index contributed by atoms with van der Waals surface area (Å²) in [7, 11) is -1.08. The molecule has 0 saturated heterocycles. The Kier molecular flexibility index (Phi) is 6.04. The van der Waals surface area contributed by atoms with Crippen LogP contribution >= 0.6 is 0 Å². The molecule has 0 radical (unpaired) electrons. The second-order valence-electron chi connectivity index (χ2n) is 6.31. The fraction of sp³-hybridized carbons (Fsp3) is 0.471. The highest BCUT2D eigenvalue weighted by molar-refractivity contribution is 6.76. The van der Waals surface area contributed by atoms with Crippen LogP contribution in [0.15, 0.2) is 30.3 Å². The first-order chi connectivity index (χ1) is 8.88. The van der Waals surface area contributed by atoms with Gasteiger partial charge < -0.3 is 4.79 Å². The van der Waals surface area contributed by atoms with E-state index >= 15 is 0 Å². The van der Waals surface area contributed by atoms with Gasteiger partial charge in [0.25, 0.3) is 0 Å². The Morgan fingerprint density at radius 3 is 2.32 bits per heavy atom. The monoisotopic (exact) mass is 272 g/mol. The number of rotatable bonds is 5. The lowest BCUT2D eigenvalue weighted by Gasteiger charge is -2.13. The average molecular weight is 272 g/mol. The van der Waals surface area contributed by atoms with Crippen LogP contribution < -0.4 is 0 Å². The Bertz CT molecular complexity index is 460. The molecule has 102 valence electrons. The van der Waals surface area contributed by atoms with Crippen molar-refractivity contribution in [1.82, 2.24) is 0 Å². The van der Waals surface area contributed by atoms with Crippen LogP contribution in [0, 0.1) is 11.8 Å². The van der Waals surface area contributed by atoms with Gasteiger partial charge in [-0.3, -0.25) is 0 Å². The first-order valence-corrected chi connectivity index (χ1v) is 10.6. The molecule has 0 amide bonds. The van der Waals surface area contributed by atoms with Crippen molar-refractivity contribution >= 4 is 13.9 Å². The summed E-state index contributed by atoms with van der Waals surface area (Å²) < 4.78 is 0. The van der Waals surface area contributed by atoms with E-state index < -0.39 is 8.07 Å². The van der Waals surface area contributed by atoms with E-state index in [1.165, 1.54) is 5.56 Å². The Balaban J connectivity index is 2.69. The van der Waals surface area contributed by atoms with E-state index in [1.807, 2.05) is 18.2 Å². The molecule has 0 spiro atoms. The lowest BCUT2D eigenvalue weighted by Crippen LogP contribution is -2.17. The molecule has 0 aromatic heterocycles. The molecule has 0 fully saturated rings. The summed E-state index contributed by atoms with van der Waals surface area (Å²) in [6.07, 6.45) is 1.37.